The fraction of sp³-hybridized carbons (Fsp3) is 0.955. The van der Waals surface area contributed by atoms with Crippen LogP contribution in [0.4, 0.5) is 0 Å². The van der Waals surface area contributed by atoms with Crippen molar-refractivity contribution in [3.63, 3.8) is 0 Å². The molecule has 0 aromatic heterocycles. The summed E-state index contributed by atoms with van der Waals surface area (Å²) in [5.41, 5.74) is 0. The van der Waals surface area contributed by atoms with Gasteiger partial charge in [-0.1, -0.05) is 111 Å². The van der Waals surface area contributed by atoms with E-state index in [1.165, 1.54) is 83.5 Å². The van der Waals surface area contributed by atoms with Crippen LogP contribution in [-0.2, 0) is 4.79 Å². The lowest BCUT2D eigenvalue weighted by Crippen LogP contribution is -1.98. The van der Waals surface area contributed by atoms with Gasteiger partial charge in [-0.2, -0.15) is 0 Å². The third kappa shape index (κ3) is 17.8. The van der Waals surface area contributed by atoms with Crippen molar-refractivity contribution in [2.75, 3.05) is 0 Å². The van der Waals surface area contributed by atoms with Crippen LogP contribution < -0.4 is 0 Å². The molecule has 1 N–H and O–H groups in total. The predicted octanol–water partition coefficient (Wildman–Crippen LogP) is 7.60. The zero-order chi connectivity index (χ0) is 18.0. The van der Waals surface area contributed by atoms with E-state index in [0.29, 0.717) is 6.42 Å². The highest BCUT2D eigenvalue weighted by Crippen LogP contribution is 2.20. The topological polar surface area (TPSA) is 37.3 Å². The minimum Gasteiger partial charge on any atom is -0.481 e. The van der Waals surface area contributed by atoms with Crippen molar-refractivity contribution in [3.05, 3.63) is 0 Å². The molecular weight excluding hydrogens is 296 g/mol. The minimum absolute atomic E-state index is 0.343. The first-order chi connectivity index (χ1) is 11.6. The van der Waals surface area contributed by atoms with E-state index in [0.717, 1.165) is 24.7 Å². The van der Waals surface area contributed by atoms with E-state index in [1.54, 1.807) is 0 Å². The Balaban J connectivity index is 3.17. The molecule has 2 atom stereocenters. The number of rotatable bonds is 18. The Morgan fingerprint density at radius 1 is 0.667 bits per heavy atom. The third-order valence-electron chi connectivity index (χ3n) is 5.43. The van der Waals surface area contributed by atoms with E-state index in [9.17, 15) is 4.79 Å². The summed E-state index contributed by atoms with van der Waals surface area (Å²) in [7, 11) is 0. The molecule has 0 saturated heterocycles. The Bertz CT molecular complexity index is 275. The quantitative estimate of drug-likeness (QED) is 0.261. The maximum absolute atomic E-state index is 10.4. The van der Waals surface area contributed by atoms with Gasteiger partial charge in [-0.15, -0.1) is 0 Å². The molecule has 2 heteroatoms. The second-order valence-corrected chi connectivity index (χ2v) is 8.02. The third-order valence-corrected chi connectivity index (χ3v) is 5.43. The molecule has 0 amide bonds. The fourth-order valence-electron chi connectivity index (χ4n) is 3.35. The molecule has 0 aliphatic rings. The van der Waals surface area contributed by atoms with E-state index in [1.807, 2.05) is 0 Å². The Kier molecular flexibility index (Phi) is 16.9. The molecule has 144 valence electrons. The zero-order valence-corrected chi connectivity index (χ0v) is 16.8. The first kappa shape index (κ1) is 23.5. The van der Waals surface area contributed by atoms with Gasteiger partial charge in [0.1, 0.15) is 0 Å². The van der Waals surface area contributed by atoms with Crippen LogP contribution in [0.15, 0.2) is 0 Å². The summed E-state index contributed by atoms with van der Waals surface area (Å²) >= 11 is 0. The van der Waals surface area contributed by atoms with Crippen molar-refractivity contribution < 1.29 is 9.90 Å². The lowest BCUT2D eigenvalue weighted by Gasteiger charge is -2.13. The van der Waals surface area contributed by atoms with Gasteiger partial charge >= 0.3 is 5.97 Å². The van der Waals surface area contributed by atoms with Gasteiger partial charge in [-0.05, 0) is 18.3 Å². The number of carboxylic acid groups (broad SMARTS) is 1. The number of hydrogen-bond donors (Lipinski definition) is 1. The monoisotopic (exact) mass is 340 g/mol. The molecule has 24 heavy (non-hydrogen) atoms. The molecule has 2 nitrogen and oxygen atoms in total. The van der Waals surface area contributed by atoms with E-state index in [2.05, 4.69) is 20.8 Å². The molecule has 0 saturated carbocycles. The standard InChI is InChI=1S/C22H44O2/c1-4-20(2)17-15-18-21(3)16-13-11-9-7-5-6-8-10-12-14-19-22(23)24/h20-21H,4-19H2,1-3H3,(H,23,24). The molecule has 0 fully saturated rings. The van der Waals surface area contributed by atoms with Crippen molar-refractivity contribution in [2.45, 2.75) is 124 Å². The van der Waals surface area contributed by atoms with Crippen LogP contribution in [0.2, 0.25) is 0 Å². The van der Waals surface area contributed by atoms with Crippen molar-refractivity contribution in [3.8, 4) is 0 Å². The molecular formula is C22H44O2. The van der Waals surface area contributed by atoms with Crippen LogP contribution in [0, 0.1) is 11.8 Å². The van der Waals surface area contributed by atoms with Gasteiger partial charge in [0, 0.05) is 6.42 Å². The lowest BCUT2D eigenvalue weighted by molar-refractivity contribution is -0.137. The smallest absolute Gasteiger partial charge is 0.303 e. The molecule has 0 heterocycles. The number of aliphatic carboxylic acids is 1. The van der Waals surface area contributed by atoms with Crippen LogP contribution >= 0.6 is 0 Å². The van der Waals surface area contributed by atoms with Crippen LogP contribution in [0.3, 0.4) is 0 Å². The maximum Gasteiger partial charge on any atom is 0.303 e. The average Bonchev–Trinajstić information content (AvgIpc) is 2.55. The van der Waals surface area contributed by atoms with Crippen LogP contribution in [-0.4, -0.2) is 11.1 Å². The van der Waals surface area contributed by atoms with Crippen molar-refractivity contribution in [1.29, 1.82) is 0 Å². The van der Waals surface area contributed by atoms with Gasteiger partial charge < -0.3 is 5.11 Å². The summed E-state index contributed by atoms with van der Waals surface area (Å²) in [6, 6.07) is 0. The number of hydrogen-bond acceptors (Lipinski definition) is 1. The van der Waals surface area contributed by atoms with Gasteiger partial charge in [-0.25, -0.2) is 0 Å². The van der Waals surface area contributed by atoms with Crippen molar-refractivity contribution in [2.24, 2.45) is 11.8 Å². The Labute approximate surface area is 151 Å². The van der Waals surface area contributed by atoms with Crippen LogP contribution in [0.1, 0.15) is 124 Å². The Hall–Kier alpha value is -0.530. The number of carboxylic acids is 1. The summed E-state index contributed by atoms with van der Waals surface area (Å²) in [5, 5.41) is 8.57. The van der Waals surface area contributed by atoms with Gasteiger partial charge in [0.2, 0.25) is 0 Å². The second-order valence-electron chi connectivity index (χ2n) is 8.02. The van der Waals surface area contributed by atoms with Gasteiger partial charge in [-0.3, -0.25) is 4.79 Å². The van der Waals surface area contributed by atoms with E-state index in [4.69, 9.17) is 5.11 Å². The minimum atomic E-state index is -0.653. The normalized spacial score (nSPS) is 13.8. The van der Waals surface area contributed by atoms with E-state index in [-0.39, 0.29) is 0 Å². The highest BCUT2D eigenvalue weighted by molar-refractivity contribution is 5.66. The largest absolute Gasteiger partial charge is 0.481 e. The molecule has 0 aromatic carbocycles. The highest BCUT2D eigenvalue weighted by Gasteiger charge is 2.04. The molecule has 0 aromatic rings. The zero-order valence-electron chi connectivity index (χ0n) is 16.8. The number of carbonyl (C=O) groups is 1. The molecule has 0 rings (SSSR count). The molecule has 2 unspecified atom stereocenters. The summed E-state index contributed by atoms with van der Waals surface area (Å²) in [6.07, 6.45) is 20.1. The molecule has 0 spiro atoms. The molecule has 0 aliphatic heterocycles. The summed E-state index contributed by atoms with van der Waals surface area (Å²) in [6.45, 7) is 7.11. The highest BCUT2D eigenvalue weighted by atomic mass is 16.4. The van der Waals surface area contributed by atoms with Gasteiger partial charge in [0.15, 0.2) is 0 Å². The first-order valence-electron chi connectivity index (χ1n) is 10.8. The Morgan fingerprint density at radius 2 is 1.08 bits per heavy atom. The van der Waals surface area contributed by atoms with E-state index < -0.39 is 5.97 Å². The lowest BCUT2D eigenvalue weighted by atomic mass is 9.93. The summed E-state index contributed by atoms with van der Waals surface area (Å²) < 4.78 is 0. The fourth-order valence-corrected chi connectivity index (χ4v) is 3.35. The molecule has 0 aliphatic carbocycles. The molecule has 0 radical (unpaired) electrons. The van der Waals surface area contributed by atoms with Crippen molar-refractivity contribution in [1.82, 2.24) is 0 Å². The van der Waals surface area contributed by atoms with Gasteiger partial charge in [0.05, 0.1) is 0 Å². The SMILES string of the molecule is CCC(C)CCCC(C)CCCCCCCCCCCCC(=O)O. The average molecular weight is 341 g/mol. The van der Waals surface area contributed by atoms with Crippen LogP contribution in [0.25, 0.3) is 0 Å². The Morgan fingerprint density at radius 3 is 1.58 bits per heavy atom. The van der Waals surface area contributed by atoms with Gasteiger partial charge in [0.25, 0.3) is 0 Å². The second kappa shape index (κ2) is 17.3. The number of unbranched alkanes of at least 4 members (excludes halogenated alkanes) is 9. The predicted molar refractivity (Wildman–Crippen MR) is 106 cm³/mol. The van der Waals surface area contributed by atoms with Crippen molar-refractivity contribution >= 4 is 5.97 Å². The van der Waals surface area contributed by atoms with Crippen LogP contribution in [0.5, 0.6) is 0 Å². The summed E-state index contributed by atoms with van der Waals surface area (Å²) in [4.78, 5) is 10.4. The molecule has 0 bridgehead atoms. The van der Waals surface area contributed by atoms with E-state index >= 15 is 0 Å². The summed E-state index contributed by atoms with van der Waals surface area (Å²) in [5.74, 6) is 1.18. The first-order valence-corrected chi connectivity index (χ1v) is 10.8. The maximum atomic E-state index is 10.4.